The van der Waals surface area contributed by atoms with E-state index in [2.05, 4.69) is 82.4 Å². The van der Waals surface area contributed by atoms with Crippen LogP contribution in [-0.4, -0.2) is 57.4 Å². The first-order valence-electron chi connectivity index (χ1n) is 10.8. The molecule has 1 aromatic heterocycles. The largest absolute Gasteiger partial charge is 0.396 e. The average molecular weight is 405 g/mol. The third kappa shape index (κ3) is 4.81. The lowest BCUT2D eigenvalue weighted by Crippen LogP contribution is -2.52. The third-order valence-electron chi connectivity index (χ3n) is 6.15. The molecule has 0 amide bonds. The van der Waals surface area contributed by atoms with Crippen molar-refractivity contribution in [2.24, 2.45) is 0 Å². The van der Waals surface area contributed by atoms with Gasteiger partial charge in [0, 0.05) is 56.5 Å². The minimum Gasteiger partial charge on any atom is -0.396 e. The van der Waals surface area contributed by atoms with Crippen molar-refractivity contribution < 1.29 is 5.11 Å². The predicted molar refractivity (Wildman–Crippen MR) is 121 cm³/mol. The number of aliphatic hydroxyl groups excluding tert-OH is 1. The number of H-pyrrole nitrogens is 1. The number of nitrogens with zero attached hydrogens (tertiary/aromatic N) is 3. The minimum atomic E-state index is 0.225. The van der Waals surface area contributed by atoms with Crippen molar-refractivity contribution in [1.29, 1.82) is 0 Å². The Morgan fingerprint density at radius 3 is 2.70 bits per heavy atom. The van der Waals surface area contributed by atoms with Crippen molar-refractivity contribution in [2.45, 2.75) is 39.4 Å². The number of benzene rings is 2. The van der Waals surface area contributed by atoms with Crippen molar-refractivity contribution in [2.75, 3.05) is 26.2 Å². The van der Waals surface area contributed by atoms with E-state index in [9.17, 15) is 5.11 Å². The Morgan fingerprint density at radius 1 is 1.07 bits per heavy atom. The zero-order valence-electron chi connectivity index (χ0n) is 18.0. The molecule has 1 saturated heterocycles. The summed E-state index contributed by atoms with van der Waals surface area (Å²) in [5, 5.41) is 17.2. The molecule has 30 heavy (non-hydrogen) atoms. The standard InChI is InChI=1S/C25H32N4O/c1-19-8-9-20(2)24(14-19)25-22(15-26-27-25)17-28-11-12-29(23(18-28)10-13-30)16-21-6-4-3-5-7-21/h3-9,14-15,23,30H,10-13,16-18H2,1-2H3,(H,26,27)/t23-/m0/s1. The molecule has 1 aliphatic rings. The third-order valence-corrected chi connectivity index (χ3v) is 6.15. The second kappa shape index (κ2) is 9.56. The Morgan fingerprint density at radius 2 is 1.90 bits per heavy atom. The summed E-state index contributed by atoms with van der Waals surface area (Å²) in [6.07, 6.45) is 2.77. The number of aryl methyl sites for hydroxylation is 2. The molecule has 0 radical (unpaired) electrons. The van der Waals surface area contributed by atoms with Gasteiger partial charge in [0.25, 0.3) is 0 Å². The van der Waals surface area contributed by atoms with E-state index in [0.717, 1.165) is 44.8 Å². The maximum Gasteiger partial charge on any atom is 0.0698 e. The van der Waals surface area contributed by atoms with E-state index < -0.39 is 0 Å². The lowest BCUT2D eigenvalue weighted by molar-refractivity contribution is 0.0500. The molecule has 158 valence electrons. The molecular formula is C25H32N4O. The first-order valence-corrected chi connectivity index (χ1v) is 10.8. The maximum absolute atomic E-state index is 9.63. The van der Waals surface area contributed by atoms with Crippen molar-refractivity contribution in [3.63, 3.8) is 0 Å². The summed E-state index contributed by atoms with van der Waals surface area (Å²) in [6, 6.07) is 17.5. The molecular weight excluding hydrogens is 372 g/mol. The maximum atomic E-state index is 9.63. The lowest BCUT2D eigenvalue weighted by Gasteiger charge is -2.41. The molecule has 1 atom stereocenters. The van der Waals surface area contributed by atoms with Gasteiger partial charge in [-0.3, -0.25) is 14.9 Å². The van der Waals surface area contributed by atoms with Crippen LogP contribution in [0.4, 0.5) is 0 Å². The van der Waals surface area contributed by atoms with E-state index in [1.54, 1.807) is 0 Å². The molecule has 4 rings (SSSR count). The fourth-order valence-corrected chi connectivity index (χ4v) is 4.46. The Labute approximate surface area is 179 Å². The number of aromatic nitrogens is 2. The molecule has 1 aliphatic heterocycles. The van der Waals surface area contributed by atoms with Crippen LogP contribution in [0.25, 0.3) is 11.3 Å². The molecule has 0 spiro atoms. The van der Waals surface area contributed by atoms with Crippen molar-refractivity contribution in [3.05, 3.63) is 77.0 Å². The summed E-state index contributed by atoms with van der Waals surface area (Å²) in [5.41, 5.74) is 7.45. The van der Waals surface area contributed by atoms with Crippen LogP contribution < -0.4 is 0 Å². The van der Waals surface area contributed by atoms with Crippen LogP contribution in [0, 0.1) is 13.8 Å². The molecule has 5 heteroatoms. The predicted octanol–water partition coefficient (Wildman–Crippen LogP) is 3.76. The fraction of sp³-hybridized carbons (Fsp3) is 0.400. The van der Waals surface area contributed by atoms with Gasteiger partial charge >= 0.3 is 0 Å². The molecule has 3 aromatic rings. The summed E-state index contributed by atoms with van der Waals surface area (Å²) in [4.78, 5) is 5.02. The number of piperazine rings is 1. The van der Waals surface area contributed by atoms with Gasteiger partial charge in [-0.15, -0.1) is 0 Å². The summed E-state index contributed by atoms with van der Waals surface area (Å²) in [5.74, 6) is 0. The highest BCUT2D eigenvalue weighted by Gasteiger charge is 2.27. The normalized spacial score (nSPS) is 18.0. The highest BCUT2D eigenvalue weighted by molar-refractivity contribution is 5.67. The van der Waals surface area contributed by atoms with E-state index in [-0.39, 0.29) is 6.61 Å². The van der Waals surface area contributed by atoms with Gasteiger partial charge in [-0.05, 0) is 37.5 Å². The SMILES string of the molecule is Cc1ccc(C)c(-c2[nH]ncc2CN2CCN(Cc3ccccc3)[C@@H](CCO)C2)c1. The van der Waals surface area contributed by atoms with Gasteiger partial charge in [0.2, 0.25) is 0 Å². The van der Waals surface area contributed by atoms with Crippen LogP contribution in [0.3, 0.4) is 0 Å². The molecule has 0 bridgehead atoms. The zero-order valence-corrected chi connectivity index (χ0v) is 18.0. The Bertz CT molecular complexity index is 953. The molecule has 2 heterocycles. The van der Waals surface area contributed by atoms with Gasteiger partial charge in [0.15, 0.2) is 0 Å². The van der Waals surface area contributed by atoms with Crippen LogP contribution in [0.2, 0.25) is 0 Å². The topological polar surface area (TPSA) is 55.4 Å². The second-order valence-electron chi connectivity index (χ2n) is 8.45. The van der Waals surface area contributed by atoms with Gasteiger partial charge in [0.05, 0.1) is 11.9 Å². The fourth-order valence-electron chi connectivity index (χ4n) is 4.46. The van der Waals surface area contributed by atoms with E-state index in [1.165, 1.54) is 27.8 Å². The highest BCUT2D eigenvalue weighted by Crippen LogP contribution is 2.27. The van der Waals surface area contributed by atoms with E-state index in [1.807, 2.05) is 6.20 Å². The van der Waals surface area contributed by atoms with Crippen molar-refractivity contribution in [1.82, 2.24) is 20.0 Å². The molecule has 0 aliphatic carbocycles. The molecule has 0 saturated carbocycles. The molecule has 5 nitrogen and oxygen atoms in total. The minimum absolute atomic E-state index is 0.225. The summed E-state index contributed by atoms with van der Waals surface area (Å²) in [6.45, 7) is 9.32. The van der Waals surface area contributed by atoms with Gasteiger partial charge in [-0.25, -0.2) is 0 Å². The average Bonchev–Trinajstić information content (AvgIpc) is 3.20. The van der Waals surface area contributed by atoms with Crippen molar-refractivity contribution >= 4 is 0 Å². The second-order valence-corrected chi connectivity index (χ2v) is 8.45. The van der Waals surface area contributed by atoms with Crippen LogP contribution in [0.1, 0.15) is 28.7 Å². The number of nitrogens with one attached hydrogen (secondary N) is 1. The first-order chi connectivity index (χ1) is 14.6. The molecule has 1 fully saturated rings. The summed E-state index contributed by atoms with van der Waals surface area (Å²) in [7, 11) is 0. The van der Waals surface area contributed by atoms with Gasteiger partial charge in [-0.1, -0.05) is 48.0 Å². The van der Waals surface area contributed by atoms with E-state index >= 15 is 0 Å². The molecule has 0 unspecified atom stereocenters. The number of hydrogen-bond donors (Lipinski definition) is 2. The highest BCUT2D eigenvalue weighted by atomic mass is 16.3. The Kier molecular flexibility index (Phi) is 6.62. The summed E-state index contributed by atoms with van der Waals surface area (Å²) >= 11 is 0. The quantitative estimate of drug-likeness (QED) is 0.630. The number of aromatic amines is 1. The van der Waals surface area contributed by atoms with Crippen LogP contribution in [-0.2, 0) is 13.1 Å². The van der Waals surface area contributed by atoms with Gasteiger partial charge in [0.1, 0.15) is 0 Å². The lowest BCUT2D eigenvalue weighted by atomic mass is 10.00. The van der Waals surface area contributed by atoms with Crippen LogP contribution in [0.15, 0.2) is 54.7 Å². The van der Waals surface area contributed by atoms with Gasteiger partial charge in [-0.2, -0.15) is 5.10 Å². The van der Waals surface area contributed by atoms with Crippen molar-refractivity contribution in [3.8, 4) is 11.3 Å². The Balaban J connectivity index is 1.47. The van der Waals surface area contributed by atoms with E-state index in [4.69, 9.17) is 0 Å². The summed E-state index contributed by atoms with van der Waals surface area (Å²) < 4.78 is 0. The first kappa shape index (κ1) is 20.8. The number of rotatable bonds is 7. The van der Waals surface area contributed by atoms with Crippen LogP contribution in [0.5, 0.6) is 0 Å². The van der Waals surface area contributed by atoms with Gasteiger partial charge < -0.3 is 5.11 Å². The van der Waals surface area contributed by atoms with Crippen LogP contribution >= 0.6 is 0 Å². The number of hydrogen-bond acceptors (Lipinski definition) is 4. The molecule has 2 N–H and O–H groups in total. The monoisotopic (exact) mass is 404 g/mol. The van der Waals surface area contributed by atoms with E-state index in [0.29, 0.717) is 6.04 Å². The number of aliphatic hydroxyl groups is 1. The molecule has 2 aromatic carbocycles. The smallest absolute Gasteiger partial charge is 0.0698 e. The Hall–Kier alpha value is -2.47. The zero-order chi connectivity index (χ0) is 20.9.